The van der Waals surface area contributed by atoms with Crippen molar-refractivity contribution in [2.45, 2.75) is 19.8 Å². The van der Waals surface area contributed by atoms with Crippen molar-refractivity contribution in [2.24, 2.45) is 0 Å². The maximum absolute atomic E-state index is 11.9. The quantitative estimate of drug-likeness (QED) is 0.755. The summed E-state index contributed by atoms with van der Waals surface area (Å²) in [6, 6.07) is 6.79. The normalized spacial score (nSPS) is 19.0. The fourth-order valence-electron chi connectivity index (χ4n) is 1.96. The summed E-state index contributed by atoms with van der Waals surface area (Å²) < 4.78 is 25.2. The Morgan fingerprint density at radius 2 is 2.06 bits per heavy atom. The molecule has 0 N–H and O–H groups in total. The van der Waals surface area contributed by atoms with E-state index < -0.39 is 10.0 Å². The molecule has 1 fully saturated rings. The first kappa shape index (κ1) is 12.1. The van der Waals surface area contributed by atoms with E-state index in [1.54, 1.807) is 24.3 Å². The van der Waals surface area contributed by atoms with Crippen LogP contribution < -0.4 is 4.31 Å². The van der Waals surface area contributed by atoms with Gasteiger partial charge in [0.05, 0.1) is 11.4 Å². The van der Waals surface area contributed by atoms with Crippen LogP contribution in [0.25, 0.3) is 0 Å². The van der Waals surface area contributed by atoms with Gasteiger partial charge in [0.15, 0.2) is 5.78 Å². The van der Waals surface area contributed by atoms with Crippen molar-refractivity contribution in [3.8, 4) is 0 Å². The Kier molecular flexibility index (Phi) is 3.19. The van der Waals surface area contributed by atoms with Gasteiger partial charge in [-0.3, -0.25) is 9.10 Å². The molecule has 0 aromatic heterocycles. The molecule has 0 aliphatic carbocycles. The summed E-state index contributed by atoms with van der Waals surface area (Å²) in [5.41, 5.74) is 1.14. The third-order valence-electron chi connectivity index (χ3n) is 2.89. The highest BCUT2D eigenvalue weighted by atomic mass is 32.2. The van der Waals surface area contributed by atoms with E-state index in [4.69, 9.17) is 0 Å². The first-order valence-corrected chi connectivity index (χ1v) is 7.23. The number of Topliss-reactive ketones (excluding diaryl/α,β-unsaturated/α-hetero) is 1. The molecule has 0 radical (unpaired) electrons. The highest BCUT2D eigenvalue weighted by Gasteiger charge is 2.26. The van der Waals surface area contributed by atoms with Crippen LogP contribution in [0.3, 0.4) is 0 Å². The van der Waals surface area contributed by atoms with Crippen LogP contribution in [0.5, 0.6) is 0 Å². The number of anilines is 1. The van der Waals surface area contributed by atoms with Crippen LogP contribution in [0.1, 0.15) is 30.1 Å². The maximum Gasteiger partial charge on any atom is 0.235 e. The third-order valence-corrected chi connectivity index (χ3v) is 4.76. The van der Waals surface area contributed by atoms with E-state index >= 15 is 0 Å². The van der Waals surface area contributed by atoms with Crippen LogP contribution in [-0.4, -0.2) is 26.5 Å². The maximum atomic E-state index is 11.9. The Morgan fingerprint density at radius 1 is 1.29 bits per heavy atom. The lowest BCUT2D eigenvalue weighted by molar-refractivity contribution is 0.101. The molecule has 1 heterocycles. The van der Waals surface area contributed by atoms with Crippen LogP contribution in [0.2, 0.25) is 0 Å². The molecule has 5 heteroatoms. The van der Waals surface area contributed by atoms with Crippen LogP contribution in [0, 0.1) is 0 Å². The Labute approximate surface area is 101 Å². The van der Waals surface area contributed by atoms with Gasteiger partial charge in [-0.05, 0) is 31.9 Å². The first-order valence-electron chi connectivity index (χ1n) is 5.62. The minimum atomic E-state index is -3.20. The molecular weight excluding hydrogens is 238 g/mol. The topological polar surface area (TPSA) is 54.5 Å². The molecule has 0 amide bonds. The van der Waals surface area contributed by atoms with Gasteiger partial charge in [0.2, 0.25) is 10.0 Å². The number of rotatable bonds is 2. The molecule has 0 spiro atoms. The molecular formula is C12H15NO3S. The van der Waals surface area contributed by atoms with Gasteiger partial charge in [-0.25, -0.2) is 8.42 Å². The predicted molar refractivity (Wildman–Crippen MR) is 66.8 cm³/mol. The van der Waals surface area contributed by atoms with Crippen molar-refractivity contribution >= 4 is 21.5 Å². The van der Waals surface area contributed by atoms with E-state index in [0.717, 1.165) is 6.42 Å². The molecule has 1 saturated heterocycles. The van der Waals surface area contributed by atoms with E-state index in [1.807, 2.05) is 0 Å². The van der Waals surface area contributed by atoms with Gasteiger partial charge < -0.3 is 0 Å². The molecule has 1 aromatic carbocycles. The molecule has 17 heavy (non-hydrogen) atoms. The molecule has 92 valence electrons. The third kappa shape index (κ3) is 2.49. The van der Waals surface area contributed by atoms with E-state index in [0.29, 0.717) is 24.2 Å². The molecule has 0 bridgehead atoms. The molecule has 1 aliphatic rings. The lowest BCUT2D eigenvalue weighted by Crippen LogP contribution is -2.37. The Bertz CT molecular complexity index is 536. The van der Waals surface area contributed by atoms with Gasteiger partial charge in [-0.1, -0.05) is 12.1 Å². The fraction of sp³-hybridized carbons (Fsp3) is 0.417. The molecule has 1 aromatic rings. The standard InChI is InChI=1S/C12H15NO3S/c1-10(14)11-5-4-6-12(9-11)13-7-2-3-8-17(13,15)16/h4-6,9H,2-3,7-8H2,1H3. The Hall–Kier alpha value is -1.36. The summed E-state index contributed by atoms with van der Waals surface area (Å²) >= 11 is 0. The van der Waals surface area contributed by atoms with Crippen molar-refractivity contribution in [1.82, 2.24) is 0 Å². The summed E-state index contributed by atoms with van der Waals surface area (Å²) in [6.45, 7) is 1.98. The average molecular weight is 253 g/mol. The number of carbonyl (C=O) groups excluding carboxylic acids is 1. The van der Waals surface area contributed by atoms with Crippen LogP contribution in [0.4, 0.5) is 5.69 Å². The number of carbonyl (C=O) groups is 1. The SMILES string of the molecule is CC(=O)c1cccc(N2CCCCS2(=O)=O)c1. The highest BCUT2D eigenvalue weighted by molar-refractivity contribution is 7.92. The summed E-state index contributed by atoms with van der Waals surface area (Å²) in [5.74, 6) is 0.137. The second kappa shape index (κ2) is 4.49. The second-order valence-corrected chi connectivity index (χ2v) is 6.21. The monoisotopic (exact) mass is 253 g/mol. The zero-order valence-electron chi connectivity index (χ0n) is 9.72. The summed E-state index contributed by atoms with van der Waals surface area (Å²) in [4.78, 5) is 11.3. The number of sulfonamides is 1. The van der Waals surface area contributed by atoms with Gasteiger partial charge >= 0.3 is 0 Å². The molecule has 4 nitrogen and oxygen atoms in total. The number of nitrogens with zero attached hydrogens (tertiary/aromatic N) is 1. The van der Waals surface area contributed by atoms with Gasteiger partial charge in [0.1, 0.15) is 0 Å². The molecule has 0 unspecified atom stereocenters. The number of hydrogen-bond acceptors (Lipinski definition) is 3. The van der Waals surface area contributed by atoms with Gasteiger partial charge in [-0.15, -0.1) is 0 Å². The van der Waals surface area contributed by atoms with Crippen molar-refractivity contribution in [3.05, 3.63) is 29.8 Å². The predicted octanol–water partition coefficient (Wildman–Crippen LogP) is 1.82. The summed E-state index contributed by atoms with van der Waals surface area (Å²) in [6.07, 6.45) is 1.58. The van der Waals surface area contributed by atoms with Gasteiger partial charge in [0, 0.05) is 12.1 Å². The summed E-state index contributed by atoms with van der Waals surface area (Å²) in [7, 11) is -3.20. The van der Waals surface area contributed by atoms with E-state index in [1.165, 1.54) is 11.2 Å². The lowest BCUT2D eigenvalue weighted by atomic mass is 10.1. The van der Waals surface area contributed by atoms with Gasteiger partial charge in [0.25, 0.3) is 0 Å². The molecule has 0 saturated carbocycles. The smallest absolute Gasteiger partial charge is 0.235 e. The number of ketones is 1. The largest absolute Gasteiger partial charge is 0.295 e. The van der Waals surface area contributed by atoms with Crippen LogP contribution >= 0.6 is 0 Å². The number of benzene rings is 1. The second-order valence-electron chi connectivity index (χ2n) is 4.20. The van der Waals surface area contributed by atoms with E-state index in [9.17, 15) is 13.2 Å². The minimum absolute atomic E-state index is 0.0544. The Balaban J connectivity index is 2.39. The van der Waals surface area contributed by atoms with Gasteiger partial charge in [-0.2, -0.15) is 0 Å². The average Bonchev–Trinajstić information content (AvgIpc) is 2.28. The molecule has 0 atom stereocenters. The minimum Gasteiger partial charge on any atom is -0.295 e. The highest BCUT2D eigenvalue weighted by Crippen LogP contribution is 2.24. The summed E-state index contributed by atoms with van der Waals surface area (Å²) in [5, 5.41) is 0. The molecule has 1 aliphatic heterocycles. The zero-order valence-corrected chi connectivity index (χ0v) is 10.5. The van der Waals surface area contributed by atoms with Crippen molar-refractivity contribution in [2.75, 3.05) is 16.6 Å². The number of hydrogen-bond donors (Lipinski definition) is 0. The van der Waals surface area contributed by atoms with Crippen LogP contribution in [0.15, 0.2) is 24.3 Å². The van der Waals surface area contributed by atoms with E-state index in [2.05, 4.69) is 0 Å². The van der Waals surface area contributed by atoms with Crippen molar-refractivity contribution in [1.29, 1.82) is 0 Å². The fourth-order valence-corrected chi connectivity index (χ4v) is 3.59. The van der Waals surface area contributed by atoms with E-state index in [-0.39, 0.29) is 11.5 Å². The first-order chi connectivity index (χ1) is 8.00. The van der Waals surface area contributed by atoms with Crippen LogP contribution in [-0.2, 0) is 10.0 Å². The Morgan fingerprint density at radius 3 is 2.71 bits per heavy atom. The lowest BCUT2D eigenvalue weighted by Gasteiger charge is -2.28. The zero-order chi connectivity index (χ0) is 12.5. The van der Waals surface area contributed by atoms with Crippen molar-refractivity contribution < 1.29 is 13.2 Å². The molecule has 2 rings (SSSR count). The van der Waals surface area contributed by atoms with Crippen molar-refractivity contribution in [3.63, 3.8) is 0 Å².